The van der Waals surface area contributed by atoms with Crippen molar-refractivity contribution in [3.63, 3.8) is 0 Å². The first-order chi connectivity index (χ1) is 7.22. The first kappa shape index (κ1) is 10.2. The van der Waals surface area contributed by atoms with Gasteiger partial charge >= 0.3 is 0 Å². The molecule has 0 radical (unpaired) electrons. The van der Waals surface area contributed by atoms with Crippen molar-refractivity contribution in [1.29, 1.82) is 0 Å². The molecule has 2 nitrogen and oxygen atoms in total. The third kappa shape index (κ3) is 1.89. The second-order valence-corrected chi connectivity index (χ2v) is 4.28. The highest BCUT2D eigenvalue weighted by Crippen LogP contribution is 2.24. The van der Waals surface area contributed by atoms with Gasteiger partial charge in [0.25, 0.3) is 0 Å². The van der Waals surface area contributed by atoms with E-state index in [1.165, 1.54) is 29.3 Å². The first-order valence-corrected chi connectivity index (χ1v) is 5.64. The van der Waals surface area contributed by atoms with Gasteiger partial charge in [-0.1, -0.05) is 32.4 Å². The Bertz CT molecular complexity index is 457. The van der Waals surface area contributed by atoms with Gasteiger partial charge in [-0.15, -0.1) is 0 Å². The summed E-state index contributed by atoms with van der Waals surface area (Å²) < 4.78 is 1.94. The minimum atomic E-state index is 0.647. The van der Waals surface area contributed by atoms with Crippen LogP contribution in [0.5, 0.6) is 0 Å². The Hall–Kier alpha value is -1.31. The van der Waals surface area contributed by atoms with Crippen molar-refractivity contribution < 1.29 is 0 Å². The van der Waals surface area contributed by atoms with E-state index in [-0.39, 0.29) is 0 Å². The Morgan fingerprint density at radius 3 is 2.93 bits per heavy atom. The second kappa shape index (κ2) is 4.05. The van der Waals surface area contributed by atoms with Crippen molar-refractivity contribution in [2.45, 2.75) is 32.6 Å². The van der Waals surface area contributed by atoms with Gasteiger partial charge in [0.15, 0.2) is 0 Å². The zero-order valence-electron chi connectivity index (χ0n) is 9.70. The molecular formula is C13H18N2. The van der Waals surface area contributed by atoms with Crippen molar-refractivity contribution >= 4 is 10.9 Å². The molecule has 0 N–H and O–H groups in total. The van der Waals surface area contributed by atoms with Gasteiger partial charge in [-0.2, -0.15) is 5.10 Å². The van der Waals surface area contributed by atoms with Crippen LogP contribution in [0.4, 0.5) is 0 Å². The van der Waals surface area contributed by atoms with Crippen LogP contribution in [0.15, 0.2) is 24.4 Å². The zero-order chi connectivity index (χ0) is 10.8. The maximum atomic E-state index is 4.26. The molecule has 80 valence electrons. The van der Waals surface area contributed by atoms with Crippen molar-refractivity contribution in [2.24, 2.45) is 7.05 Å². The molecule has 0 fully saturated rings. The third-order valence-electron chi connectivity index (χ3n) is 3.06. The minimum absolute atomic E-state index is 0.647. The summed E-state index contributed by atoms with van der Waals surface area (Å²) in [6.45, 7) is 4.53. The number of nitrogens with zero attached hydrogens (tertiary/aromatic N) is 2. The molecule has 1 aromatic carbocycles. The number of fused-ring (bicyclic) bond motifs is 1. The van der Waals surface area contributed by atoms with Crippen LogP contribution in [0.3, 0.4) is 0 Å². The molecule has 2 heteroatoms. The highest BCUT2D eigenvalue weighted by atomic mass is 15.2. The van der Waals surface area contributed by atoms with Crippen LogP contribution in [0.1, 0.15) is 38.2 Å². The second-order valence-electron chi connectivity index (χ2n) is 4.28. The number of hydrogen-bond donors (Lipinski definition) is 0. The molecule has 2 rings (SSSR count). The van der Waals surface area contributed by atoms with E-state index in [0.29, 0.717) is 5.92 Å². The number of rotatable bonds is 3. The Morgan fingerprint density at radius 1 is 1.40 bits per heavy atom. The van der Waals surface area contributed by atoms with E-state index in [1.807, 2.05) is 17.9 Å². The Labute approximate surface area is 90.9 Å². The molecule has 2 aromatic rings. The van der Waals surface area contributed by atoms with Gasteiger partial charge in [-0.05, 0) is 24.0 Å². The van der Waals surface area contributed by atoms with E-state index in [4.69, 9.17) is 0 Å². The Morgan fingerprint density at radius 2 is 2.20 bits per heavy atom. The summed E-state index contributed by atoms with van der Waals surface area (Å²) in [6, 6.07) is 6.66. The largest absolute Gasteiger partial charge is 0.268 e. The van der Waals surface area contributed by atoms with E-state index in [2.05, 4.69) is 37.1 Å². The van der Waals surface area contributed by atoms with Crippen LogP contribution >= 0.6 is 0 Å². The molecule has 1 heterocycles. The standard InChI is InChI=1S/C13H18N2/c1-4-5-10(2)11-6-7-12-9-14-15(3)13(12)8-11/h6-10H,4-5H2,1-3H3. The summed E-state index contributed by atoms with van der Waals surface area (Å²) in [5.41, 5.74) is 2.66. The number of benzene rings is 1. The van der Waals surface area contributed by atoms with Crippen LogP contribution in [0.2, 0.25) is 0 Å². The first-order valence-electron chi connectivity index (χ1n) is 5.64. The zero-order valence-corrected chi connectivity index (χ0v) is 9.70. The SMILES string of the molecule is CCCC(C)c1ccc2cnn(C)c2c1. The highest BCUT2D eigenvalue weighted by Gasteiger charge is 2.06. The molecule has 0 spiro atoms. The molecule has 15 heavy (non-hydrogen) atoms. The monoisotopic (exact) mass is 202 g/mol. The fourth-order valence-corrected chi connectivity index (χ4v) is 2.07. The summed E-state index contributed by atoms with van der Waals surface area (Å²) in [4.78, 5) is 0. The lowest BCUT2D eigenvalue weighted by molar-refractivity contribution is 0.665. The summed E-state index contributed by atoms with van der Waals surface area (Å²) >= 11 is 0. The predicted molar refractivity (Wildman–Crippen MR) is 64.0 cm³/mol. The van der Waals surface area contributed by atoms with Gasteiger partial charge in [0.05, 0.1) is 11.7 Å². The molecule has 1 atom stereocenters. The molecule has 0 saturated carbocycles. The lowest BCUT2D eigenvalue weighted by atomic mass is 9.96. The molecule has 0 aliphatic carbocycles. The lowest BCUT2D eigenvalue weighted by Gasteiger charge is -2.10. The molecular weight excluding hydrogens is 184 g/mol. The van der Waals surface area contributed by atoms with Crippen LogP contribution < -0.4 is 0 Å². The van der Waals surface area contributed by atoms with Crippen LogP contribution in [0.25, 0.3) is 10.9 Å². The van der Waals surface area contributed by atoms with E-state index < -0.39 is 0 Å². The average molecular weight is 202 g/mol. The van der Waals surface area contributed by atoms with Crippen LogP contribution in [-0.4, -0.2) is 9.78 Å². The molecule has 0 aliphatic rings. The van der Waals surface area contributed by atoms with Gasteiger partial charge in [-0.3, -0.25) is 4.68 Å². The summed E-state index contributed by atoms with van der Waals surface area (Å²) in [6.07, 6.45) is 4.41. The smallest absolute Gasteiger partial charge is 0.0681 e. The number of aromatic nitrogens is 2. The Kier molecular flexibility index (Phi) is 2.76. The predicted octanol–water partition coefficient (Wildman–Crippen LogP) is 3.48. The van der Waals surface area contributed by atoms with E-state index >= 15 is 0 Å². The number of aryl methyl sites for hydroxylation is 1. The minimum Gasteiger partial charge on any atom is -0.268 e. The van der Waals surface area contributed by atoms with Gasteiger partial charge in [-0.25, -0.2) is 0 Å². The molecule has 1 aromatic heterocycles. The number of hydrogen-bond acceptors (Lipinski definition) is 1. The summed E-state index contributed by atoms with van der Waals surface area (Å²) in [7, 11) is 2.00. The van der Waals surface area contributed by atoms with E-state index in [1.54, 1.807) is 0 Å². The maximum Gasteiger partial charge on any atom is 0.0681 e. The quantitative estimate of drug-likeness (QED) is 0.745. The fraction of sp³-hybridized carbons (Fsp3) is 0.462. The topological polar surface area (TPSA) is 17.8 Å². The summed E-state index contributed by atoms with van der Waals surface area (Å²) in [5, 5.41) is 5.49. The van der Waals surface area contributed by atoms with Crippen molar-refractivity contribution in [2.75, 3.05) is 0 Å². The molecule has 0 amide bonds. The Balaban J connectivity index is 2.41. The molecule has 0 bridgehead atoms. The van der Waals surface area contributed by atoms with Crippen LogP contribution in [0, 0.1) is 0 Å². The lowest BCUT2D eigenvalue weighted by Crippen LogP contribution is -1.94. The van der Waals surface area contributed by atoms with E-state index in [0.717, 1.165) is 0 Å². The van der Waals surface area contributed by atoms with Gasteiger partial charge in [0.2, 0.25) is 0 Å². The van der Waals surface area contributed by atoms with Crippen molar-refractivity contribution in [1.82, 2.24) is 9.78 Å². The van der Waals surface area contributed by atoms with Gasteiger partial charge < -0.3 is 0 Å². The third-order valence-corrected chi connectivity index (χ3v) is 3.06. The highest BCUT2D eigenvalue weighted by molar-refractivity contribution is 5.79. The maximum absolute atomic E-state index is 4.26. The van der Waals surface area contributed by atoms with Crippen molar-refractivity contribution in [3.8, 4) is 0 Å². The normalized spacial score (nSPS) is 13.3. The molecule has 1 unspecified atom stereocenters. The van der Waals surface area contributed by atoms with Crippen molar-refractivity contribution in [3.05, 3.63) is 30.0 Å². The van der Waals surface area contributed by atoms with Gasteiger partial charge in [0.1, 0.15) is 0 Å². The average Bonchev–Trinajstić information content (AvgIpc) is 2.60. The van der Waals surface area contributed by atoms with E-state index in [9.17, 15) is 0 Å². The molecule has 0 saturated heterocycles. The molecule has 0 aliphatic heterocycles. The van der Waals surface area contributed by atoms with Crippen LogP contribution in [-0.2, 0) is 7.05 Å². The van der Waals surface area contributed by atoms with Gasteiger partial charge in [0, 0.05) is 12.4 Å². The fourth-order valence-electron chi connectivity index (χ4n) is 2.07. The summed E-state index contributed by atoms with van der Waals surface area (Å²) in [5.74, 6) is 0.647.